The van der Waals surface area contributed by atoms with Crippen molar-refractivity contribution < 1.29 is 14.6 Å². The van der Waals surface area contributed by atoms with Crippen molar-refractivity contribution in [2.75, 3.05) is 13.1 Å². The molecule has 2 aromatic rings. The van der Waals surface area contributed by atoms with Gasteiger partial charge in [0, 0.05) is 37.5 Å². The summed E-state index contributed by atoms with van der Waals surface area (Å²) in [7, 11) is 0. The monoisotopic (exact) mass is 306 g/mol. The highest BCUT2D eigenvalue weighted by molar-refractivity contribution is 6.35. The summed E-state index contributed by atoms with van der Waals surface area (Å²) in [5.74, 6) is 0.742. The number of rotatable bonds is 2. The number of benzene rings is 1. The molecule has 6 heteroatoms. The third kappa shape index (κ3) is 3.03. The van der Waals surface area contributed by atoms with Gasteiger partial charge in [0.1, 0.15) is 11.9 Å². The number of fused-ring (bicyclic) bond motifs is 1. The Kier molecular flexibility index (Phi) is 3.84. The largest absolute Gasteiger partial charge is 0.490 e. The molecule has 3 rings (SSSR count). The summed E-state index contributed by atoms with van der Waals surface area (Å²) in [6.07, 6.45) is 2.24. The molecule has 0 bridgehead atoms. The van der Waals surface area contributed by atoms with Crippen molar-refractivity contribution in [3.63, 3.8) is 0 Å². The summed E-state index contributed by atoms with van der Waals surface area (Å²) >= 11 is 6.16. The SMILES string of the molecule is O=C(O)N1CCC(Oc2ccc3nccc(Cl)c3c2)CC1. The van der Waals surface area contributed by atoms with Crippen LogP contribution in [-0.2, 0) is 0 Å². The highest BCUT2D eigenvalue weighted by atomic mass is 35.5. The number of halogens is 1. The summed E-state index contributed by atoms with van der Waals surface area (Å²) < 4.78 is 5.94. The van der Waals surface area contributed by atoms with Gasteiger partial charge >= 0.3 is 6.09 Å². The summed E-state index contributed by atoms with van der Waals surface area (Å²) in [5.41, 5.74) is 0.829. The van der Waals surface area contributed by atoms with Gasteiger partial charge in [0.2, 0.25) is 0 Å². The van der Waals surface area contributed by atoms with Crippen LogP contribution in [0.3, 0.4) is 0 Å². The number of likely N-dealkylation sites (tertiary alicyclic amines) is 1. The molecule has 1 aliphatic heterocycles. The minimum atomic E-state index is -0.864. The van der Waals surface area contributed by atoms with E-state index in [-0.39, 0.29) is 6.10 Å². The topological polar surface area (TPSA) is 62.7 Å². The number of nitrogens with zero attached hydrogens (tertiary/aromatic N) is 2. The summed E-state index contributed by atoms with van der Waals surface area (Å²) in [5, 5.41) is 10.4. The number of hydrogen-bond donors (Lipinski definition) is 1. The van der Waals surface area contributed by atoms with Gasteiger partial charge in [-0.05, 0) is 24.3 Å². The van der Waals surface area contributed by atoms with Crippen LogP contribution in [0.4, 0.5) is 4.79 Å². The lowest BCUT2D eigenvalue weighted by molar-refractivity contribution is 0.0895. The molecule has 21 heavy (non-hydrogen) atoms. The van der Waals surface area contributed by atoms with E-state index >= 15 is 0 Å². The van der Waals surface area contributed by atoms with Crippen molar-refractivity contribution in [1.29, 1.82) is 0 Å². The molecule has 0 saturated carbocycles. The third-order valence-electron chi connectivity index (χ3n) is 3.68. The van der Waals surface area contributed by atoms with Crippen LogP contribution in [0.2, 0.25) is 5.02 Å². The first-order valence-corrected chi connectivity index (χ1v) is 7.20. The van der Waals surface area contributed by atoms with Crippen molar-refractivity contribution >= 4 is 28.6 Å². The Labute approximate surface area is 127 Å². The molecule has 0 aliphatic carbocycles. The Bertz CT molecular complexity index is 669. The maximum absolute atomic E-state index is 10.9. The van der Waals surface area contributed by atoms with Crippen molar-refractivity contribution in [2.45, 2.75) is 18.9 Å². The maximum Gasteiger partial charge on any atom is 0.407 e. The van der Waals surface area contributed by atoms with Crippen LogP contribution >= 0.6 is 11.6 Å². The molecule has 1 aromatic heterocycles. The smallest absolute Gasteiger partial charge is 0.407 e. The van der Waals surface area contributed by atoms with Gasteiger partial charge in [0.05, 0.1) is 10.5 Å². The second kappa shape index (κ2) is 5.77. The first-order chi connectivity index (χ1) is 10.1. The molecule has 0 spiro atoms. The second-order valence-corrected chi connectivity index (χ2v) is 5.47. The average Bonchev–Trinajstić information content (AvgIpc) is 2.49. The highest BCUT2D eigenvalue weighted by Gasteiger charge is 2.23. The van der Waals surface area contributed by atoms with E-state index in [1.807, 2.05) is 18.2 Å². The number of aromatic nitrogens is 1. The zero-order valence-electron chi connectivity index (χ0n) is 11.3. The normalized spacial score (nSPS) is 16.1. The quantitative estimate of drug-likeness (QED) is 0.923. The molecule has 1 fully saturated rings. The summed E-state index contributed by atoms with van der Waals surface area (Å²) in [4.78, 5) is 16.5. The second-order valence-electron chi connectivity index (χ2n) is 5.06. The fourth-order valence-electron chi connectivity index (χ4n) is 2.52. The fourth-order valence-corrected chi connectivity index (χ4v) is 2.73. The number of carbonyl (C=O) groups is 1. The molecule has 0 atom stereocenters. The number of ether oxygens (including phenoxy) is 1. The molecule has 0 radical (unpaired) electrons. The van der Waals surface area contributed by atoms with E-state index in [1.54, 1.807) is 12.3 Å². The van der Waals surface area contributed by atoms with Gasteiger partial charge in [0.25, 0.3) is 0 Å². The zero-order chi connectivity index (χ0) is 14.8. The van der Waals surface area contributed by atoms with Crippen LogP contribution in [0.25, 0.3) is 10.9 Å². The molecule has 0 unspecified atom stereocenters. The molecule has 1 N–H and O–H groups in total. The molecule has 1 saturated heterocycles. The third-order valence-corrected chi connectivity index (χ3v) is 4.00. The first kappa shape index (κ1) is 13.9. The van der Waals surface area contributed by atoms with E-state index in [9.17, 15) is 4.79 Å². The lowest BCUT2D eigenvalue weighted by atomic mass is 10.1. The Morgan fingerprint density at radius 1 is 1.33 bits per heavy atom. The number of carboxylic acid groups (broad SMARTS) is 1. The van der Waals surface area contributed by atoms with Gasteiger partial charge in [-0.3, -0.25) is 4.98 Å². The van der Waals surface area contributed by atoms with Crippen molar-refractivity contribution in [2.24, 2.45) is 0 Å². The van der Waals surface area contributed by atoms with Gasteiger partial charge in [0.15, 0.2) is 0 Å². The molecule has 5 nitrogen and oxygen atoms in total. The van der Waals surface area contributed by atoms with Gasteiger partial charge in [-0.25, -0.2) is 4.79 Å². The van der Waals surface area contributed by atoms with Crippen LogP contribution in [-0.4, -0.2) is 40.3 Å². The lowest BCUT2D eigenvalue weighted by Gasteiger charge is -2.30. The van der Waals surface area contributed by atoms with E-state index in [0.29, 0.717) is 31.0 Å². The van der Waals surface area contributed by atoms with Gasteiger partial charge in [-0.1, -0.05) is 11.6 Å². The lowest BCUT2D eigenvalue weighted by Crippen LogP contribution is -2.41. The number of pyridine rings is 1. The van der Waals surface area contributed by atoms with Crippen LogP contribution in [0.15, 0.2) is 30.5 Å². The Morgan fingerprint density at radius 2 is 2.10 bits per heavy atom. The van der Waals surface area contributed by atoms with Gasteiger partial charge < -0.3 is 14.7 Å². The first-order valence-electron chi connectivity index (χ1n) is 6.82. The number of amides is 1. The Balaban J connectivity index is 1.71. The Morgan fingerprint density at radius 3 is 2.81 bits per heavy atom. The fraction of sp³-hybridized carbons (Fsp3) is 0.333. The van der Waals surface area contributed by atoms with Gasteiger partial charge in [-0.15, -0.1) is 0 Å². The van der Waals surface area contributed by atoms with E-state index < -0.39 is 6.09 Å². The van der Waals surface area contributed by atoms with Crippen molar-refractivity contribution in [3.8, 4) is 5.75 Å². The standard InChI is InChI=1S/C15H15ClN2O3/c16-13-3-6-17-14-2-1-11(9-12(13)14)21-10-4-7-18(8-5-10)15(19)20/h1-3,6,9-10H,4-5,7-8H2,(H,19,20). The minimum absolute atomic E-state index is 0.0356. The minimum Gasteiger partial charge on any atom is -0.490 e. The zero-order valence-corrected chi connectivity index (χ0v) is 12.1. The van der Waals surface area contributed by atoms with E-state index in [4.69, 9.17) is 21.4 Å². The van der Waals surface area contributed by atoms with E-state index in [1.165, 1.54) is 4.90 Å². The summed E-state index contributed by atoms with van der Waals surface area (Å²) in [6.45, 7) is 1.02. The molecule has 1 amide bonds. The predicted octanol–water partition coefficient (Wildman–Crippen LogP) is 3.41. The van der Waals surface area contributed by atoms with Crippen LogP contribution < -0.4 is 4.74 Å². The number of piperidine rings is 1. The van der Waals surface area contributed by atoms with Crippen molar-refractivity contribution in [3.05, 3.63) is 35.5 Å². The average molecular weight is 307 g/mol. The molecule has 110 valence electrons. The Hall–Kier alpha value is -2.01. The maximum atomic E-state index is 10.9. The van der Waals surface area contributed by atoms with Crippen LogP contribution in [0.5, 0.6) is 5.75 Å². The van der Waals surface area contributed by atoms with E-state index in [0.717, 1.165) is 16.7 Å². The molecule has 1 aliphatic rings. The van der Waals surface area contributed by atoms with Gasteiger partial charge in [-0.2, -0.15) is 0 Å². The summed E-state index contributed by atoms with van der Waals surface area (Å²) in [6, 6.07) is 7.38. The molecule has 1 aromatic carbocycles. The van der Waals surface area contributed by atoms with Crippen LogP contribution in [0.1, 0.15) is 12.8 Å². The molecular formula is C15H15ClN2O3. The highest BCUT2D eigenvalue weighted by Crippen LogP contribution is 2.27. The molecule has 2 heterocycles. The van der Waals surface area contributed by atoms with Crippen LogP contribution in [0, 0.1) is 0 Å². The molecular weight excluding hydrogens is 292 g/mol. The van der Waals surface area contributed by atoms with Crippen molar-refractivity contribution in [1.82, 2.24) is 9.88 Å². The predicted molar refractivity (Wildman–Crippen MR) is 80.0 cm³/mol. The van der Waals surface area contributed by atoms with E-state index in [2.05, 4.69) is 4.98 Å². The number of hydrogen-bond acceptors (Lipinski definition) is 3.